The lowest BCUT2D eigenvalue weighted by atomic mass is 10.2. The van der Waals surface area contributed by atoms with Crippen LogP contribution in [0.5, 0.6) is 5.75 Å². The van der Waals surface area contributed by atoms with Gasteiger partial charge in [0, 0.05) is 23.4 Å². The molecule has 0 radical (unpaired) electrons. The minimum absolute atomic E-state index is 0.0237. The van der Waals surface area contributed by atoms with Gasteiger partial charge in [-0.15, -0.1) is 0 Å². The van der Waals surface area contributed by atoms with Crippen LogP contribution >= 0.6 is 12.2 Å². The van der Waals surface area contributed by atoms with E-state index in [0.717, 1.165) is 19.3 Å². The molecule has 3 N–H and O–H groups in total. The van der Waals surface area contributed by atoms with Crippen molar-refractivity contribution in [2.75, 3.05) is 10.6 Å². The van der Waals surface area contributed by atoms with Crippen LogP contribution in [0.4, 0.5) is 11.4 Å². The molecule has 0 bridgehead atoms. The van der Waals surface area contributed by atoms with Gasteiger partial charge in [-0.1, -0.05) is 32.4 Å². The molecule has 7 heteroatoms. The van der Waals surface area contributed by atoms with E-state index in [1.165, 1.54) is 0 Å². The lowest BCUT2D eigenvalue weighted by Crippen LogP contribution is -2.34. The monoisotopic (exact) mass is 427 g/mol. The molecule has 0 aliphatic heterocycles. The summed E-state index contributed by atoms with van der Waals surface area (Å²) in [6.45, 7) is 6.06. The number of amides is 2. The minimum Gasteiger partial charge on any atom is -0.491 e. The van der Waals surface area contributed by atoms with Gasteiger partial charge in [-0.2, -0.15) is 0 Å². The first-order valence-electron chi connectivity index (χ1n) is 10.2. The van der Waals surface area contributed by atoms with Crippen molar-refractivity contribution < 1.29 is 14.3 Å². The zero-order valence-corrected chi connectivity index (χ0v) is 18.5. The van der Waals surface area contributed by atoms with Gasteiger partial charge in [-0.25, -0.2) is 0 Å². The first-order chi connectivity index (χ1) is 14.4. The molecule has 0 heterocycles. The highest BCUT2D eigenvalue weighted by atomic mass is 32.1. The summed E-state index contributed by atoms with van der Waals surface area (Å²) in [5.74, 6) is 0.290. The van der Waals surface area contributed by atoms with Gasteiger partial charge in [0.25, 0.3) is 5.91 Å². The normalized spacial score (nSPS) is 11.3. The van der Waals surface area contributed by atoms with Crippen LogP contribution < -0.4 is 20.7 Å². The molecule has 0 fully saturated rings. The summed E-state index contributed by atoms with van der Waals surface area (Å²) in [5, 5.41) is 8.67. The van der Waals surface area contributed by atoms with Crippen LogP contribution in [0.3, 0.4) is 0 Å². The molecule has 6 nitrogen and oxygen atoms in total. The Bertz CT molecular complexity index is 886. The molecule has 2 amide bonds. The lowest BCUT2D eigenvalue weighted by Gasteiger charge is -2.14. The van der Waals surface area contributed by atoms with Crippen molar-refractivity contribution in [3.8, 4) is 5.75 Å². The van der Waals surface area contributed by atoms with Crippen LogP contribution in [0.2, 0.25) is 0 Å². The summed E-state index contributed by atoms with van der Waals surface area (Å²) in [5.41, 5.74) is 1.80. The summed E-state index contributed by atoms with van der Waals surface area (Å²) in [6, 6.07) is 14.2. The van der Waals surface area contributed by atoms with Crippen molar-refractivity contribution in [2.24, 2.45) is 0 Å². The van der Waals surface area contributed by atoms with E-state index >= 15 is 0 Å². The second-order valence-electron chi connectivity index (χ2n) is 7.01. The fourth-order valence-corrected chi connectivity index (χ4v) is 2.81. The van der Waals surface area contributed by atoms with E-state index in [4.69, 9.17) is 17.0 Å². The van der Waals surface area contributed by atoms with Crippen LogP contribution in [0.25, 0.3) is 0 Å². The fraction of sp³-hybridized carbons (Fsp3) is 0.348. The van der Waals surface area contributed by atoms with Crippen LogP contribution in [0.15, 0.2) is 48.5 Å². The predicted molar refractivity (Wildman–Crippen MR) is 125 cm³/mol. The molecule has 0 saturated heterocycles. The topological polar surface area (TPSA) is 79.5 Å². The third-order valence-electron chi connectivity index (χ3n) is 4.40. The molecule has 0 unspecified atom stereocenters. The van der Waals surface area contributed by atoms with Gasteiger partial charge < -0.3 is 15.4 Å². The SMILES string of the molecule is CCCCC(=O)Nc1cccc(NC(=S)NC(=O)c2cccc(O[C@H](C)CC)c2)c1. The lowest BCUT2D eigenvalue weighted by molar-refractivity contribution is -0.116. The minimum atomic E-state index is -0.328. The number of hydrogen-bond donors (Lipinski definition) is 3. The molecular formula is C23H29N3O3S. The zero-order chi connectivity index (χ0) is 21.9. The maximum atomic E-state index is 12.5. The highest BCUT2D eigenvalue weighted by Crippen LogP contribution is 2.17. The van der Waals surface area contributed by atoms with Gasteiger partial charge in [-0.3, -0.25) is 14.9 Å². The van der Waals surface area contributed by atoms with Gasteiger partial charge in [0.15, 0.2) is 5.11 Å². The smallest absolute Gasteiger partial charge is 0.257 e. The van der Waals surface area contributed by atoms with Crippen LogP contribution in [-0.4, -0.2) is 23.0 Å². The molecule has 0 spiro atoms. The van der Waals surface area contributed by atoms with Gasteiger partial charge in [-0.05, 0) is 68.4 Å². The predicted octanol–water partition coefficient (Wildman–Crippen LogP) is 5.12. The largest absolute Gasteiger partial charge is 0.491 e. The number of ether oxygens (including phenoxy) is 1. The number of benzene rings is 2. The Kier molecular flexibility index (Phi) is 9.28. The Hall–Kier alpha value is -2.93. The zero-order valence-electron chi connectivity index (χ0n) is 17.7. The Morgan fingerprint density at radius 1 is 1.03 bits per heavy atom. The van der Waals surface area contributed by atoms with E-state index < -0.39 is 0 Å². The number of thiocarbonyl (C=S) groups is 1. The summed E-state index contributed by atoms with van der Waals surface area (Å²) in [7, 11) is 0. The molecular weight excluding hydrogens is 398 g/mol. The second-order valence-corrected chi connectivity index (χ2v) is 7.41. The average Bonchev–Trinajstić information content (AvgIpc) is 2.72. The van der Waals surface area contributed by atoms with Crippen molar-refractivity contribution in [1.29, 1.82) is 0 Å². The quantitative estimate of drug-likeness (QED) is 0.484. The molecule has 0 aliphatic rings. The maximum Gasteiger partial charge on any atom is 0.257 e. The number of anilines is 2. The molecule has 1 atom stereocenters. The Labute approximate surface area is 183 Å². The Morgan fingerprint density at radius 3 is 2.43 bits per heavy atom. The van der Waals surface area contributed by atoms with E-state index in [0.29, 0.717) is 29.1 Å². The number of rotatable bonds is 9. The standard InChI is InChI=1S/C23H29N3O3S/c1-4-6-13-21(27)24-18-10-8-11-19(15-18)25-23(30)26-22(28)17-9-7-12-20(14-17)29-16(3)5-2/h7-12,14-16H,4-6,13H2,1-3H3,(H,24,27)(H2,25,26,28,30)/t16-/m1/s1. The van der Waals surface area contributed by atoms with E-state index in [2.05, 4.69) is 16.0 Å². The highest BCUT2D eigenvalue weighted by Gasteiger charge is 2.11. The summed E-state index contributed by atoms with van der Waals surface area (Å²) in [4.78, 5) is 24.4. The molecule has 2 aromatic rings. The summed E-state index contributed by atoms with van der Waals surface area (Å²) >= 11 is 5.26. The number of carbonyl (C=O) groups is 2. The van der Waals surface area contributed by atoms with E-state index in [1.807, 2.05) is 26.8 Å². The molecule has 160 valence electrons. The van der Waals surface area contributed by atoms with Crippen LogP contribution in [0.1, 0.15) is 56.8 Å². The second kappa shape index (κ2) is 11.9. The number of unbranched alkanes of at least 4 members (excludes halogenated alkanes) is 1. The van der Waals surface area contributed by atoms with E-state index in [1.54, 1.807) is 42.5 Å². The summed E-state index contributed by atoms with van der Waals surface area (Å²) in [6.07, 6.45) is 3.25. The van der Waals surface area contributed by atoms with Gasteiger partial charge in [0.2, 0.25) is 5.91 Å². The number of nitrogens with one attached hydrogen (secondary N) is 3. The Morgan fingerprint density at radius 2 is 1.73 bits per heavy atom. The average molecular weight is 428 g/mol. The molecule has 2 aromatic carbocycles. The first kappa shape index (κ1) is 23.3. The number of carbonyl (C=O) groups excluding carboxylic acids is 2. The van der Waals surface area contributed by atoms with Crippen LogP contribution in [-0.2, 0) is 4.79 Å². The van der Waals surface area contributed by atoms with Crippen molar-refractivity contribution in [3.63, 3.8) is 0 Å². The van der Waals surface area contributed by atoms with Gasteiger partial charge in [0.05, 0.1) is 6.10 Å². The van der Waals surface area contributed by atoms with Crippen molar-refractivity contribution in [1.82, 2.24) is 5.32 Å². The third-order valence-corrected chi connectivity index (χ3v) is 4.60. The molecule has 0 aromatic heterocycles. The number of hydrogen-bond acceptors (Lipinski definition) is 4. The maximum absolute atomic E-state index is 12.5. The summed E-state index contributed by atoms with van der Waals surface area (Å²) < 4.78 is 5.76. The molecule has 0 saturated carbocycles. The highest BCUT2D eigenvalue weighted by molar-refractivity contribution is 7.80. The molecule has 0 aliphatic carbocycles. The first-order valence-corrected chi connectivity index (χ1v) is 10.6. The molecule has 2 rings (SSSR count). The van der Waals surface area contributed by atoms with E-state index in [-0.39, 0.29) is 23.0 Å². The fourth-order valence-electron chi connectivity index (χ4n) is 2.60. The van der Waals surface area contributed by atoms with E-state index in [9.17, 15) is 9.59 Å². The van der Waals surface area contributed by atoms with Crippen molar-refractivity contribution in [2.45, 2.75) is 52.6 Å². The van der Waals surface area contributed by atoms with Crippen molar-refractivity contribution >= 4 is 40.5 Å². The van der Waals surface area contributed by atoms with Gasteiger partial charge in [0.1, 0.15) is 5.75 Å². The molecule has 30 heavy (non-hydrogen) atoms. The Balaban J connectivity index is 1.94. The van der Waals surface area contributed by atoms with Crippen LogP contribution in [0, 0.1) is 0 Å². The van der Waals surface area contributed by atoms with Crippen molar-refractivity contribution in [3.05, 3.63) is 54.1 Å². The third kappa shape index (κ3) is 7.83. The van der Waals surface area contributed by atoms with Gasteiger partial charge >= 0.3 is 0 Å².